The van der Waals surface area contributed by atoms with Gasteiger partial charge in [0, 0.05) is 6.42 Å². The normalized spacial score (nSPS) is 11.8. The van der Waals surface area contributed by atoms with E-state index in [2.05, 4.69) is 37.4 Å². The summed E-state index contributed by atoms with van der Waals surface area (Å²) >= 11 is 0. The first-order valence-electron chi connectivity index (χ1n) is 9.53. The van der Waals surface area contributed by atoms with Gasteiger partial charge in [0.15, 0.2) is 6.61 Å². The Morgan fingerprint density at radius 1 is 1.07 bits per heavy atom. The Hall–Kier alpha value is -3.15. The summed E-state index contributed by atoms with van der Waals surface area (Å²) in [7, 11) is 0. The van der Waals surface area contributed by atoms with E-state index in [1.165, 1.54) is 0 Å². The molecule has 154 valence electrons. The summed E-state index contributed by atoms with van der Waals surface area (Å²) in [5.74, 6) is -0.664. The first-order chi connectivity index (χ1) is 13.7. The van der Waals surface area contributed by atoms with E-state index in [0.29, 0.717) is 11.5 Å². The van der Waals surface area contributed by atoms with Gasteiger partial charge in [0.2, 0.25) is 0 Å². The van der Waals surface area contributed by atoms with Gasteiger partial charge in [0.05, 0.1) is 12.1 Å². The van der Waals surface area contributed by atoms with E-state index in [9.17, 15) is 9.59 Å². The van der Waals surface area contributed by atoms with Gasteiger partial charge in [0.1, 0.15) is 5.75 Å². The fraction of sp³-hybridized carbons (Fsp3) is 0.348. The molecule has 0 saturated carbocycles. The molecule has 6 heteroatoms. The lowest BCUT2D eigenvalue weighted by Gasteiger charge is -2.23. The average Bonchev–Trinajstić information content (AvgIpc) is 2.66. The van der Waals surface area contributed by atoms with Crippen molar-refractivity contribution in [3.05, 3.63) is 65.2 Å². The van der Waals surface area contributed by atoms with Gasteiger partial charge in [-0.3, -0.25) is 9.59 Å². The van der Waals surface area contributed by atoms with Gasteiger partial charge in [-0.15, -0.1) is 0 Å². The number of amides is 1. The van der Waals surface area contributed by atoms with E-state index in [4.69, 9.17) is 9.84 Å². The number of hydrogen-bond acceptors (Lipinski definition) is 4. The Morgan fingerprint density at radius 2 is 1.76 bits per heavy atom. The molecule has 0 spiro atoms. The largest absolute Gasteiger partial charge is 0.483 e. The number of hydrazone groups is 1. The van der Waals surface area contributed by atoms with Crippen LogP contribution < -0.4 is 10.2 Å². The number of benzene rings is 2. The zero-order valence-electron chi connectivity index (χ0n) is 17.4. The van der Waals surface area contributed by atoms with Crippen LogP contribution in [0.3, 0.4) is 0 Å². The Balaban J connectivity index is 2.06. The number of nitrogens with one attached hydrogen (secondary N) is 1. The number of rotatable bonds is 8. The standard InChI is InChI=1S/C23H28N2O4/c1-16-10-12-20(18(14-16)23(2,3)4)29-15-21(26)25-24-19(11-13-22(27)28)17-8-6-5-7-9-17/h5-10,12,14H,11,13,15H2,1-4H3,(H,25,26)(H,27,28)/b24-19-. The van der Waals surface area contributed by atoms with Crippen LogP contribution in [0.4, 0.5) is 0 Å². The molecule has 29 heavy (non-hydrogen) atoms. The van der Waals surface area contributed by atoms with E-state index in [1.807, 2.05) is 49.4 Å². The van der Waals surface area contributed by atoms with Crippen LogP contribution in [0, 0.1) is 6.92 Å². The zero-order chi connectivity index (χ0) is 21.4. The summed E-state index contributed by atoms with van der Waals surface area (Å²) in [5.41, 5.74) is 5.79. The lowest BCUT2D eigenvalue weighted by molar-refractivity contribution is -0.136. The van der Waals surface area contributed by atoms with Crippen LogP contribution in [0.5, 0.6) is 5.75 Å². The lowest BCUT2D eigenvalue weighted by Crippen LogP contribution is -2.27. The van der Waals surface area contributed by atoms with Crippen molar-refractivity contribution in [2.45, 2.75) is 46.0 Å². The predicted octanol–water partition coefficient (Wildman–Crippen LogP) is 4.06. The number of ether oxygens (including phenoxy) is 1. The second kappa shape index (κ2) is 9.87. The fourth-order valence-electron chi connectivity index (χ4n) is 2.78. The van der Waals surface area contributed by atoms with Crippen molar-refractivity contribution in [2.24, 2.45) is 5.10 Å². The SMILES string of the molecule is Cc1ccc(OCC(=O)N/N=C(/CCC(=O)O)c2ccccc2)c(C(C)(C)C)c1. The Kier molecular flexibility index (Phi) is 7.53. The monoisotopic (exact) mass is 396 g/mol. The molecule has 0 radical (unpaired) electrons. The maximum atomic E-state index is 12.3. The maximum Gasteiger partial charge on any atom is 0.303 e. The number of nitrogens with zero attached hydrogens (tertiary/aromatic N) is 1. The van der Waals surface area contributed by atoms with E-state index in [-0.39, 0.29) is 24.9 Å². The molecule has 1 amide bonds. The molecule has 2 aromatic rings. The maximum absolute atomic E-state index is 12.3. The van der Waals surface area contributed by atoms with Crippen molar-refractivity contribution in [1.82, 2.24) is 5.43 Å². The van der Waals surface area contributed by atoms with E-state index in [1.54, 1.807) is 0 Å². The topological polar surface area (TPSA) is 88.0 Å². The van der Waals surface area contributed by atoms with Crippen LogP contribution in [-0.2, 0) is 15.0 Å². The molecule has 0 fully saturated rings. The van der Waals surface area contributed by atoms with Gasteiger partial charge >= 0.3 is 5.97 Å². The predicted molar refractivity (Wildman–Crippen MR) is 113 cm³/mol. The molecule has 0 aliphatic rings. The van der Waals surface area contributed by atoms with E-state index in [0.717, 1.165) is 16.7 Å². The van der Waals surface area contributed by atoms with Gasteiger partial charge in [-0.2, -0.15) is 5.10 Å². The number of aryl methyl sites for hydroxylation is 1. The molecule has 0 unspecified atom stereocenters. The van der Waals surface area contributed by atoms with Crippen molar-refractivity contribution >= 4 is 17.6 Å². The highest BCUT2D eigenvalue weighted by molar-refractivity contribution is 6.02. The molecule has 2 rings (SSSR count). The van der Waals surface area contributed by atoms with Gasteiger partial charge in [-0.25, -0.2) is 5.43 Å². The third kappa shape index (κ3) is 7.07. The summed E-state index contributed by atoms with van der Waals surface area (Å²) in [6.45, 7) is 8.11. The third-order valence-electron chi connectivity index (χ3n) is 4.30. The number of aliphatic carboxylic acids is 1. The van der Waals surface area contributed by atoms with Crippen molar-refractivity contribution in [3.8, 4) is 5.75 Å². The number of carboxylic acids is 1. The molecule has 0 aliphatic heterocycles. The van der Waals surface area contributed by atoms with Crippen LogP contribution in [0.15, 0.2) is 53.6 Å². The lowest BCUT2D eigenvalue weighted by atomic mass is 9.85. The first-order valence-corrected chi connectivity index (χ1v) is 9.53. The van der Waals surface area contributed by atoms with Gasteiger partial charge in [-0.1, -0.05) is 68.8 Å². The van der Waals surface area contributed by atoms with E-state index >= 15 is 0 Å². The second-order valence-electron chi connectivity index (χ2n) is 7.89. The van der Waals surface area contributed by atoms with Crippen LogP contribution in [0.25, 0.3) is 0 Å². The fourth-order valence-corrected chi connectivity index (χ4v) is 2.78. The second-order valence-corrected chi connectivity index (χ2v) is 7.89. The smallest absolute Gasteiger partial charge is 0.303 e. The Labute approximate surface area is 171 Å². The minimum atomic E-state index is -0.919. The summed E-state index contributed by atoms with van der Waals surface area (Å²) in [6.07, 6.45) is 0.144. The summed E-state index contributed by atoms with van der Waals surface area (Å²) in [4.78, 5) is 23.2. The number of carbonyl (C=O) groups is 2. The summed E-state index contributed by atoms with van der Waals surface area (Å²) in [5, 5.41) is 13.1. The van der Waals surface area contributed by atoms with Crippen LogP contribution in [0.2, 0.25) is 0 Å². The molecule has 0 saturated heterocycles. The molecule has 0 atom stereocenters. The number of carbonyl (C=O) groups excluding carboxylic acids is 1. The minimum absolute atomic E-state index is 0.0710. The molecular weight excluding hydrogens is 368 g/mol. The summed E-state index contributed by atoms with van der Waals surface area (Å²) in [6, 6.07) is 15.1. The van der Waals surface area contributed by atoms with Crippen LogP contribution in [0.1, 0.15) is 50.3 Å². The third-order valence-corrected chi connectivity index (χ3v) is 4.30. The highest BCUT2D eigenvalue weighted by atomic mass is 16.5. The molecule has 0 aromatic heterocycles. The van der Waals surface area contributed by atoms with Gasteiger partial charge in [-0.05, 0) is 29.5 Å². The molecule has 6 nitrogen and oxygen atoms in total. The molecule has 0 aliphatic carbocycles. The molecule has 0 heterocycles. The average molecular weight is 396 g/mol. The van der Waals surface area contributed by atoms with Crippen LogP contribution in [-0.4, -0.2) is 29.3 Å². The Morgan fingerprint density at radius 3 is 2.38 bits per heavy atom. The van der Waals surface area contributed by atoms with Crippen molar-refractivity contribution < 1.29 is 19.4 Å². The van der Waals surface area contributed by atoms with Crippen molar-refractivity contribution in [2.75, 3.05) is 6.61 Å². The van der Waals surface area contributed by atoms with Gasteiger partial charge < -0.3 is 9.84 Å². The van der Waals surface area contributed by atoms with Crippen LogP contribution >= 0.6 is 0 Å². The molecule has 2 N–H and O–H groups in total. The van der Waals surface area contributed by atoms with Crippen molar-refractivity contribution in [1.29, 1.82) is 0 Å². The molecule has 0 bridgehead atoms. The van der Waals surface area contributed by atoms with E-state index < -0.39 is 11.9 Å². The number of carboxylic acid groups (broad SMARTS) is 1. The molecule has 2 aromatic carbocycles. The zero-order valence-corrected chi connectivity index (χ0v) is 17.4. The molecular formula is C23H28N2O4. The minimum Gasteiger partial charge on any atom is -0.483 e. The highest BCUT2D eigenvalue weighted by Gasteiger charge is 2.19. The first kappa shape index (κ1) is 22.1. The van der Waals surface area contributed by atoms with Gasteiger partial charge in [0.25, 0.3) is 5.91 Å². The Bertz CT molecular complexity index is 883. The summed E-state index contributed by atoms with van der Waals surface area (Å²) < 4.78 is 5.74. The quantitative estimate of drug-likeness (QED) is 0.520. The number of hydrogen-bond donors (Lipinski definition) is 2. The van der Waals surface area contributed by atoms with Crippen molar-refractivity contribution in [3.63, 3.8) is 0 Å². The highest BCUT2D eigenvalue weighted by Crippen LogP contribution is 2.32.